The number of H-pyrrole nitrogens is 1. The maximum absolute atomic E-state index is 13.4. The Morgan fingerprint density at radius 1 is 1.12 bits per heavy atom. The SMILES string of the molecule is Cc1ccc2cc([C@@H](c3nnnn3Cc3ccc(F)cc3)N3CCC(C)CC3)c(=O)[nH]c2c1. The first-order chi connectivity index (χ1) is 16.0. The van der Waals surface area contributed by atoms with Crippen LogP contribution in [-0.4, -0.2) is 43.2 Å². The maximum Gasteiger partial charge on any atom is 0.253 e. The number of benzene rings is 2. The number of likely N-dealkylation sites (tertiary alicyclic amines) is 1. The lowest BCUT2D eigenvalue weighted by Crippen LogP contribution is -2.40. The van der Waals surface area contributed by atoms with Crippen molar-refractivity contribution in [3.63, 3.8) is 0 Å². The predicted octanol–water partition coefficient (Wildman–Crippen LogP) is 3.83. The summed E-state index contributed by atoms with van der Waals surface area (Å²) < 4.78 is 15.1. The molecule has 4 aromatic rings. The summed E-state index contributed by atoms with van der Waals surface area (Å²) in [6, 6.07) is 14.0. The predicted molar refractivity (Wildman–Crippen MR) is 124 cm³/mol. The highest BCUT2D eigenvalue weighted by atomic mass is 19.1. The Balaban J connectivity index is 1.60. The number of hydrogen-bond acceptors (Lipinski definition) is 5. The number of aryl methyl sites for hydroxylation is 1. The Bertz CT molecular complexity index is 1320. The van der Waals surface area contributed by atoms with Crippen LogP contribution in [0.5, 0.6) is 0 Å². The molecule has 8 heteroatoms. The summed E-state index contributed by atoms with van der Waals surface area (Å²) in [5.41, 5.74) is 3.30. The van der Waals surface area contributed by atoms with Crippen LogP contribution < -0.4 is 5.56 Å². The van der Waals surface area contributed by atoms with Crippen molar-refractivity contribution in [2.45, 2.75) is 39.3 Å². The van der Waals surface area contributed by atoms with Gasteiger partial charge in [0.25, 0.3) is 5.56 Å². The molecular weight excluding hydrogens is 419 g/mol. The van der Waals surface area contributed by atoms with Gasteiger partial charge in [-0.3, -0.25) is 9.69 Å². The third-order valence-corrected chi connectivity index (χ3v) is 6.56. The molecule has 0 bridgehead atoms. The van der Waals surface area contributed by atoms with E-state index < -0.39 is 0 Å². The molecule has 1 fully saturated rings. The Labute approximate surface area is 191 Å². The normalized spacial score (nSPS) is 16.3. The van der Waals surface area contributed by atoms with Gasteiger partial charge in [-0.2, -0.15) is 0 Å². The van der Waals surface area contributed by atoms with Crippen LogP contribution in [0.4, 0.5) is 4.39 Å². The van der Waals surface area contributed by atoms with Crippen LogP contribution in [0.3, 0.4) is 0 Å². The van der Waals surface area contributed by atoms with Crippen molar-refractivity contribution in [3.05, 3.63) is 87.2 Å². The van der Waals surface area contributed by atoms with E-state index in [1.807, 2.05) is 31.2 Å². The van der Waals surface area contributed by atoms with Crippen molar-refractivity contribution in [2.75, 3.05) is 13.1 Å². The van der Waals surface area contributed by atoms with Crippen LogP contribution in [-0.2, 0) is 6.54 Å². The van der Waals surface area contributed by atoms with E-state index in [0.717, 1.165) is 48.0 Å². The van der Waals surface area contributed by atoms with E-state index in [2.05, 4.69) is 32.3 Å². The number of aromatic nitrogens is 5. The van der Waals surface area contributed by atoms with Gasteiger partial charge < -0.3 is 4.98 Å². The topological polar surface area (TPSA) is 79.7 Å². The minimum atomic E-state index is -0.373. The van der Waals surface area contributed by atoms with Crippen LogP contribution in [0.2, 0.25) is 0 Å². The molecule has 1 N–H and O–H groups in total. The fourth-order valence-corrected chi connectivity index (χ4v) is 4.60. The second-order valence-corrected chi connectivity index (χ2v) is 9.09. The molecule has 1 aliphatic heterocycles. The molecule has 170 valence electrons. The monoisotopic (exact) mass is 446 g/mol. The molecule has 1 saturated heterocycles. The molecular formula is C25H27FN6O. The number of nitrogens with zero attached hydrogens (tertiary/aromatic N) is 5. The van der Waals surface area contributed by atoms with Crippen molar-refractivity contribution in [3.8, 4) is 0 Å². The van der Waals surface area contributed by atoms with Crippen molar-refractivity contribution in [2.24, 2.45) is 5.92 Å². The van der Waals surface area contributed by atoms with E-state index in [-0.39, 0.29) is 17.4 Å². The zero-order valence-corrected chi connectivity index (χ0v) is 18.8. The average Bonchev–Trinajstić information content (AvgIpc) is 3.25. The van der Waals surface area contributed by atoms with Crippen molar-refractivity contribution in [1.82, 2.24) is 30.1 Å². The van der Waals surface area contributed by atoms with Gasteiger partial charge >= 0.3 is 0 Å². The molecule has 33 heavy (non-hydrogen) atoms. The zero-order chi connectivity index (χ0) is 22.9. The first-order valence-electron chi connectivity index (χ1n) is 11.4. The molecule has 0 amide bonds. The Morgan fingerprint density at radius 2 is 1.88 bits per heavy atom. The highest BCUT2D eigenvalue weighted by Gasteiger charge is 2.32. The van der Waals surface area contributed by atoms with Gasteiger partial charge in [-0.05, 0) is 90.0 Å². The lowest BCUT2D eigenvalue weighted by atomic mass is 9.95. The molecule has 1 aliphatic rings. The standard InChI is InChI=1S/C25H27FN6O/c1-16-9-11-31(12-10-16)23(21-14-19-6-3-17(2)13-22(19)27-25(21)33)24-28-29-30-32(24)15-18-4-7-20(26)8-5-18/h3-8,13-14,16,23H,9-12,15H2,1-2H3,(H,27,33)/t23-/m0/s1. The minimum absolute atomic E-state index is 0.131. The summed E-state index contributed by atoms with van der Waals surface area (Å²) in [6.45, 7) is 6.39. The molecule has 7 nitrogen and oxygen atoms in total. The molecule has 0 radical (unpaired) electrons. The fourth-order valence-electron chi connectivity index (χ4n) is 4.60. The number of rotatable bonds is 5. The molecule has 0 spiro atoms. The molecule has 1 atom stereocenters. The number of tetrazole rings is 1. The van der Waals surface area contributed by atoms with E-state index in [4.69, 9.17) is 0 Å². The summed E-state index contributed by atoms with van der Waals surface area (Å²) in [4.78, 5) is 18.7. The van der Waals surface area contributed by atoms with Gasteiger partial charge in [0.1, 0.15) is 11.9 Å². The summed E-state index contributed by atoms with van der Waals surface area (Å²) in [6.07, 6.45) is 2.11. The van der Waals surface area contributed by atoms with E-state index in [9.17, 15) is 9.18 Å². The molecule has 3 heterocycles. The van der Waals surface area contributed by atoms with E-state index >= 15 is 0 Å². The fraction of sp³-hybridized carbons (Fsp3) is 0.360. The van der Waals surface area contributed by atoms with Crippen LogP contribution in [0, 0.1) is 18.7 Å². The molecule has 5 rings (SSSR count). The third-order valence-electron chi connectivity index (χ3n) is 6.56. The highest BCUT2D eigenvalue weighted by Crippen LogP contribution is 2.31. The molecule has 0 saturated carbocycles. The number of hydrogen-bond donors (Lipinski definition) is 1. The van der Waals surface area contributed by atoms with Crippen LogP contribution in [0.1, 0.15) is 48.3 Å². The number of halogens is 1. The highest BCUT2D eigenvalue weighted by molar-refractivity contribution is 5.79. The summed E-state index contributed by atoms with van der Waals surface area (Å²) in [5.74, 6) is 0.981. The van der Waals surface area contributed by atoms with Gasteiger partial charge in [-0.15, -0.1) is 5.10 Å². The third kappa shape index (κ3) is 4.43. The Morgan fingerprint density at radius 3 is 2.64 bits per heavy atom. The largest absolute Gasteiger partial charge is 0.322 e. The van der Waals surface area contributed by atoms with Crippen molar-refractivity contribution < 1.29 is 4.39 Å². The zero-order valence-electron chi connectivity index (χ0n) is 18.8. The smallest absolute Gasteiger partial charge is 0.253 e. The first-order valence-corrected chi connectivity index (χ1v) is 11.4. The van der Waals surface area contributed by atoms with Crippen LogP contribution in [0.25, 0.3) is 10.9 Å². The van der Waals surface area contributed by atoms with E-state index in [0.29, 0.717) is 23.9 Å². The Hall–Kier alpha value is -3.39. The number of nitrogens with one attached hydrogen (secondary N) is 1. The van der Waals surface area contributed by atoms with Crippen LogP contribution in [0.15, 0.2) is 53.3 Å². The number of fused-ring (bicyclic) bond motifs is 1. The molecule has 0 aliphatic carbocycles. The summed E-state index contributed by atoms with van der Waals surface area (Å²) in [7, 11) is 0. The average molecular weight is 447 g/mol. The van der Waals surface area contributed by atoms with Gasteiger partial charge in [-0.25, -0.2) is 9.07 Å². The van der Waals surface area contributed by atoms with Gasteiger partial charge in [0, 0.05) is 11.1 Å². The lowest BCUT2D eigenvalue weighted by Gasteiger charge is -2.35. The second-order valence-electron chi connectivity index (χ2n) is 9.09. The van der Waals surface area contributed by atoms with Crippen molar-refractivity contribution >= 4 is 10.9 Å². The minimum Gasteiger partial charge on any atom is -0.322 e. The van der Waals surface area contributed by atoms with Gasteiger partial charge in [-0.1, -0.05) is 31.2 Å². The number of aromatic amines is 1. The molecule has 2 aromatic carbocycles. The van der Waals surface area contributed by atoms with Gasteiger partial charge in [0.05, 0.1) is 6.54 Å². The maximum atomic E-state index is 13.4. The summed E-state index contributed by atoms with van der Waals surface area (Å²) in [5, 5.41) is 13.5. The second kappa shape index (κ2) is 8.86. The summed E-state index contributed by atoms with van der Waals surface area (Å²) >= 11 is 0. The molecule has 2 aromatic heterocycles. The Kier molecular flexibility index (Phi) is 5.76. The van der Waals surface area contributed by atoms with Gasteiger partial charge in [0.2, 0.25) is 0 Å². The molecule has 0 unspecified atom stereocenters. The quantitative estimate of drug-likeness (QED) is 0.504. The van der Waals surface area contributed by atoms with Crippen LogP contribution >= 0.6 is 0 Å². The first kappa shape index (κ1) is 21.5. The van der Waals surface area contributed by atoms with Crippen molar-refractivity contribution in [1.29, 1.82) is 0 Å². The lowest BCUT2D eigenvalue weighted by molar-refractivity contribution is 0.149. The van der Waals surface area contributed by atoms with E-state index in [1.54, 1.807) is 16.8 Å². The van der Waals surface area contributed by atoms with E-state index in [1.165, 1.54) is 12.1 Å². The number of pyridine rings is 1. The van der Waals surface area contributed by atoms with Gasteiger partial charge in [0.15, 0.2) is 5.82 Å². The number of piperidine rings is 1.